The highest BCUT2D eigenvalue weighted by molar-refractivity contribution is 7.13. The van der Waals surface area contributed by atoms with E-state index in [4.69, 9.17) is 9.84 Å². The Bertz CT molecular complexity index is 1210. The summed E-state index contributed by atoms with van der Waals surface area (Å²) in [5.74, 6) is -1.58. The van der Waals surface area contributed by atoms with E-state index in [1.54, 1.807) is 6.92 Å². The normalized spacial score (nSPS) is 13.0. The molecule has 4 N–H and O–H groups in total. The number of aromatic carboxylic acids is 1. The van der Waals surface area contributed by atoms with Crippen molar-refractivity contribution in [2.24, 2.45) is 0 Å². The number of ether oxygens (including phenoxy) is 1. The lowest BCUT2D eigenvalue weighted by Crippen LogP contribution is -2.36. The molecule has 9 nitrogen and oxygen atoms in total. The van der Waals surface area contributed by atoms with Crippen LogP contribution in [0, 0.1) is 6.92 Å². The number of aliphatic hydroxyl groups is 1. The average molecular weight is 496 g/mol. The summed E-state index contributed by atoms with van der Waals surface area (Å²) in [4.78, 5) is 39.6. The smallest absolute Gasteiger partial charge is 0.407 e. The van der Waals surface area contributed by atoms with E-state index < -0.39 is 24.1 Å². The Balaban J connectivity index is 1.21. The lowest BCUT2D eigenvalue weighted by atomic mass is 9.98. The highest BCUT2D eigenvalue weighted by Crippen LogP contribution is 2.44. The van der Waals surface area contributed by atoms with Gasteiger partial charge in [-0.2, -0.15) is 0 Å². The summed E-state index contributed by atoms with van der Waals surface area (Å²) >= 11 is 0.989. The number of alkyl carbamates (subject to hydrolysis) is 1. The number of hydrogen-bond acceptors (Lipinski definition) is 7. The number of hydrogen-bond donors (Lipinski definition) is 4. The summed E-state index contributed by atoms with van der Waals surface area (Å²) in [5.41, 5.74) is 4.85. The standard InChI is InChI=1S/C25H25N3O6S/c1-14-23(24(31)32)35-22(28-14)12-26-21(30)10-15(29)11-27-25(33)34-13-20-18-8-4-2-6-16(18)17-7-3-5-9-19(17)20/h2-9,15,20,29H,10-13H2,1H3,(H,26,30)(H,27,33)(H,31,32). The third kappa shape index (κ3) is 5.67. The fourth-order valence-electron chi connectivity index (χ4n) is 4.11. The summed E-state index contributed by atoms with van der Waals surface area (Å²) in [7, 11) is 0. The lowest BCUT2D eigenvalue weighted by molar-refractivity contribution is -0.123. The minimum absolute atomic E-state index is 0.0597. The van der Waals surface area contributed by atoms with Crippen molar-refractivity contribution in [1.29, 1.82) is 0 Å². The molecule has 2 aromatic carbocycles. The van der Waals surface area contributed by atoms with Gasteiger partial charge in [0.1, 0.15) is 16.5 Å². The number of carboxylic acids is 1. The fraction of sp³-hybridized carbons (Fsp3) is 0.280. The molecule has 1 aromatic heterocycles. The maximum Gasteiger partial charge on any atom is 0.407 e. The molecule has 0 spiro atoms. The molecule has 1 atom stereocenters. The van der Waals surface area contributed by atoms with Crippen LogP contribution in [-0.4, -0.2) is 52.4 Å². The van der Waals surface area contributed by atoms with Gasteiger partial charge in [0, 0.05) is 12.5 Å². The SMILES string of the molecule is Cc1nc(CNC(=O)CC(O)CNC(=O)OCC2c3ccccc3-c3ccccc32)sc1C(=O)O. The highest BCUT2D eigenvalue weighted by atomic mass is 32.1. The first-order chi connectivity index (χ1) is 16.8. The van der Waals surface area contributed by atoms with Crippen LogP contribution in [0.1, 0.15) is 43.8 Å². The number of carbonyl (C=O) groups is 3. The number of carboxylic acid groups (broad SMARTS) is 1. The van der Waals surface area contributed by atoms with Crippen molar-refractivity contribution >= 4 is 29.3 Å². The van der Waals surface area contributed by atoms with Gasteiger partial charge in [-0.1, -0.05) is 48.5 Å². The van der Waals surface area contributed by atoms with E-state index >= 15 is 0 Å². The third-order valence-electron chi connectivity index (χ3n) is 5.72. The van der Waals surface area contributed by atoms with Crippen LogP contribution in [-0.2, 0) is 16.1 Å². The average Bonchev–Trinajstić information content (AvgIpc) is 3.38. The van der Waals surface area contributed by atoms with Crippen molar-refractivity contribution in [2.45, 2.75) is 31.9 Å². The van der Waals surface area contributed by atoms with Gasteiger partial charge in [-0.15, -0.1) is 11.3 Å². The fourth-order valence-corrected chi connectivity index (χ4v) is 4.95. The van der Waals surface area contributed by atoms with E-state index in [1.807, 2.05) is 36.4 Å². The van der Waals surface area contributed by atoms with Gasteiger partial charge in [0.2, 0.25) is 5.91 Å². The lowest BCUT2D eigenvalue weighted by Gasteiger charge is -2.16. The van der Waals surface area contributed by atoms with E-state index in [1.165, 1.54) is 0 Å². The number of aliphatic hydroxyl groups excluding tert-OH is 1. The van der Waals surface area contributed by atoms with Gasteiger partial charge < -0.3 is 25.6 Å². The van der Waals surface area contributed by atoms with Crippen LogP contribution in [0.5, 0.6) is 0 Å². The summed E-state index contributed by atoms with van der Waals surface area (Å²) < 4.78 is 5.42. The topological polar surface area (TPSA) is 138 Å². The Morgan fingerprint density at radius 1 is 1.06 bits per heavy atom. The van der Waals surface area contributed by atoms with Crippen LogP contribution in [0.15, 0.2) is 48.5 Å². The second-order valence-corrected chi connectivity index (χ2v) is 9.25. The third-order valence-corrected chi connectivity index (χ3v) is 6.86. The number of aryl methyl sites for hydroxylation is 1. The Labute approximate surface area is 205 Å². The molecule has 0 saturated heterocycles. The molecule has 3 aromatic rings. The van der Waals surface area contributed by atoms with Crippen molar-refractivity contribution < 1.29 is 29.3 Å². The predicted molar refractivity (Wildman–Crippen MR) is 129 cm³/mol. The van der Waals surface area contributed by atoms with E-state index in [2.05, 4.69) is 27.8 Å². The molecule has 0 radical (unpaired) electrons. The largest absolute Gasteiger partial charge is 0.477 e. The van der Waals surface area contributed by atoms with Crippen LogP contribution in [0.4, 0.5) is 4.79 Å². The Kier molecular flexibility index (Phi) is 7.42. The summed E-state index contributed by atoms with van der Waals surface area (Å²) in [6.45, 7) is 1.65. The second kappa shape index (κ2) is 10.7. The molecule has 35 heavy (non-hydrogen) atoms. The number of thiazole rings is 1. The zero-order chi connectivity index (χ0) is 24.9. The number of fused-ring (bicyclic) bond motifs is 3. The Morgan fingerprint density at radius 3 is 2.29 bits per heavy atom. The molecule has 0 bridgehead atoms. The van der Waals surface area contributed by atoms with Crippen LogP contribution in [0.2, 0.25) is 0 Å². The molecule has 1 aliphatic rings. The van der Waals surface area contributed by atoms with E-state index in [0.29, 0.717) is 10.7 Å². The number of nitrogens with one attached hydrogen (secondary N) is 2. The maximum atomic E-state index is 12.2. The van der Waals surface area contributed by atoms with Crippen molar-refractivity contribution in [2.75, 3.05) is 13.2 Å². The van der Waals surface area contributed by atoms with Gasteiger partial charge in [-0.25, -0.2) is 14.6 Å². The van der Waals surface area contributed by atoms with Gasteiger partial charge in [0.25, 0.3) is 0 Å². The molecule has 2 amide bonds. The van der Waals surface area contributed by atoms with E-state index in [0.717, 1.165) is 33.6 Å². The van der Waals surface area contributed by atoms with Crippen LogP contribution < -0.4 is 10.6 Å². The van der Waals surface area contributed by atoms with Gasteiger partial charge in [0.05, 0.1) is 24.8 Å². The summed E-state index contributed by atoms with van der Waals surface area (Å²) in [6.07, 6.45) is -2.02. The Hall–Kier alpha value is -3.76. The van der Waals surface area contributed by atoms with Crippen molar-refractivity contribution in [3.63, 3.8) is 0 Å². The molecule has 1 aliphatic carbocycles. The monoisotopic (exact) mass is 495 g/mol. The van der Waals surface area contributed by atoms with Crippen molar-refractivity contribution in [3.8, 4) is 11.1 Å². The molecule has 0 saturated carbocycles. The Morgan fingerprint density at radius 2 is 1.69 bits per heavy atom. The van der Waals surface area contributed by atoms with Gasteiger partial charge in [-0.3, -0.25) is 4.79 Å². The second-order valence-electron chi connectivity index (χ2n) is 8.17. The molecule has 1 heterocycles. The summed E-state index contributed by atoms with van der Waals surface area (Å²) in [5, 5.41) is 24.7. The van der Waals surface area contributed by atoms with Crippen molar-refractivity contribution in [1.82, 2.24) is 15.6 Å². The zero-order valence-corrected chi connectivity index (χ0v) is 19.8. The molecular weight excluding hydrogens is 470 g/mol. The summed E-state index contributed by atoms with van der Waals surface area (Å²) in [6, 6.07) is 16.0. The molecular formula is C25H25N3O6S. The van der Waals surface area contributed by atoms with Crippen LogP contribution >= 0.6 is 11.3 Å². The van der Waals surface area contributed by atoms with Crippen molar-refractivity contribution in [3.05, 3.63) is 75.2 Å². The highest BCUT2D eigenvalue weighted by Gasteiger charge is 2.29. The zero-order valence-electron chi connectivity index (χ0n) is 19.0. The first-order valence-electron chi connectivity index (χ1n) is 11.1. The molecule has 1 unspecified atom stereocenters. The van der Waals surface area contributed by atoms with E-state index in [9.17, 15) is 19.5 Å². The predicted octanol–water partition coefficient (Wildman–Crippen LogP) is 3.06. The number of nitrogens with zero attached hydrogens (tertiary/aromatic N) is 1. The number of rotatable bonds is 9. The number of carbonyl (C=O) groups excluding carboxylic acids is 2. The van der Waals surface area contributed by atoms with Crippen LogP contribution in [0.25, 0.3) is 11.1 Å². The number of benzene rings is 2. The van der Waals surface area contributed by atoms with Gasteiger partial charge >= 0.3 is 12.1 Å². The van der Waals surface area contributed by atoms with Gasteiger partial charge in [-0.05, 0) is 29.2 Å². The molecule has 182 valence electrons. The number of amides is 2. The van der Waals surface area contributed by atoms with Crippen LogP contribution in [0.3, 0.4) is 0 Å². The minimum atomic E-state index is -1.11. The first-order valence-corrected chi connectivity index (χ1v) is 11.9. The molecule has 0 fully saturated rings. The quantitative estimate of drug-likeness (QED) is 0.358. The van der Waals surface area contributed by atoms with E-state index in [-0.39, 0.29) is 36.9 Å². The van der Waals surface area contributed by atoms with Gasteiger partial charge in [0.15, 0.2) is 0 Å². The maximum absolute atomic E-state index is 12.2. The molecule has 0 aliphatic heterocycles. The minimum Gasteiger partial charge on any atom is -0.477 e. The first kappa shape index (κ1) is 24.4. The molecule has 4 rings (SSSR count). The number of aromatic nitrogens is 1. The molecule has 10 heteroatoms.